The number of benzene rings is 1. The van der Waals surface area contributed by atoms with Gasteiger partial charge in [-0.25, -0.2) is 4.98 Å². The fourth-order valence-electron chi connectivity index (χ4n) is 3.22. The van der Waals surface area contributed by atoms with Crippen molar-refractivity contribution < 1.29 is 14.3 Å². The molecule has 0 saturated heterocycles. The highest BCUT2D eigenvalue weighted by Gasteiger charge is 2.18. The van der Waals surface area contributed by atoms with E-state index in [-0.39, 0.29) is 5.91 Å². The molecule has 0 fully saturated rings. The van der Waals surface area contributed by atoms with Crippen molar-refractivity contribution in [2.24, 2.45) is 0 Å². The van der Waals surface area contributed by atoms with E-state index in [2.05, 4.69) is 10.3 Å². The van der Waals surface area contributed by atoms with Crippen molar-refractivity contribution in [1.29, 1.82) is 0 Å². The van der Waals surface area contributed by atoms with Gasteiger partial charge in [0.2, 0.25) is 0 Å². The van der Waals surface area contributed by atoms with E-state index in [0.717, 1.165) is 29.0 Å². The van der Waals surface area contributed by atoms with Gasteiger partial charge in [0.25, 0.3) is 5.91 Å². The first-order valence-corrected chi connectivity index (χ1v) is 10.5. The Kier molecular flexibility index (Phi) is 5.13. The van der Waals surface area contributed by atoms with E-state index in [9.17, 15) is 4.79 Å². The number of hydrogen-bond acceptors (Lipinski definition) is 6. The standard InChI is InChI=1S/C20H20N2O3S2/c1-24-15-8-7-12(9-16(15)25-2)14-11-26-20(21-14)22-19(23)18-10-13-5-3-4-6-17(13)27-18/h7-11H,3-6H2,1-2H3,(H,21,22,23). The van der Waals surface area contributed by atoms with Gasteiger partial charge < -0.3 is 9.47 Å². The fourth-order valence-corrected chi connectivity index (χ4v) is 5.08. The van der Waals surface area contributed by atoms with Gasteiger partial charge in [-0.05, 0) is 55.5 Å². The minimum absolute atomic E-state index is 0.0809. The monoisotopic (exact) mass is 400 g/mol. The van der Waals surface area contributed by atoms with Crippen molar-refractivity contribution in [3.63, 3.8) is 0 Å². The zero-order valence-corrected chi connectivity index (χ0v) is 16.8. The highest BCUT2D eigenvalue weighted by Crippen LogP contribution is 2.34. The third-order valence-corrected chi connectivity index (χ3v) is 6.62. The van der Waals surface area contributed by atoms with Crippen LogP contribution in [0, 0.1) is 0 Å². The van der Waals surface area contributed by atoms with Crippen LogP contribution in [0.5, 0.6) is 11.5 Å². The number of nitrogens with one attached hydrogen (secondary N) is 1. The molecule has 1 aromatic carbocycles. The molecule has 1 aliphatic rings. The molecule has 1 amide bonds. The molecule has 2 aromatic heterocycles. The molecule has 4 rings (SSSR count). The van der Waals surface area contributed by atoms with E-state index in [1.54, 1.807) is 25.6 Å². The number of rotatable bonds is 5. The predicted octanol–water partition coefficient (Wildman–Crippen LogP) is 5.02. The molecule has 0 bridgehead atoms. The maximum absolute atomic E-state index is 12.6. The second-order valence-electron chi connectivity index (χ2n) is 6.33. The minimum atomic E-state index is -0.0809. The number of fused-ring (bicyclic) bond motifs is 1. The summed E-state index contributed by atoms with van der Waals surface area (Å²) in [4.78, 5) is 19.3. The highest BCUT2D eigenvalue weighted by atomic mass is 32.1. The largest absolute Gasteiger partial charge is 0.493 e. The van der Waals surface area contributed by atoms with E-state index in [0.29, 0.717) is 16.6 Å². The quantitative estimate of drug-likeness (QED) is 0.653. The van der Waals surface area contributed by atoms with Crippen molar-refractivity contribution in [2.45, 2.75) is 25.7 Å². The van der Waals surface area contributed by atoms with E-state index in [4.69, 9.17) is 9.47 Å². The number of amides is 1. The summed E-state index contributed by atoms with van der Waals surface area (Å²) in [7, 11) is 3.21. The Morgan fingerprint density at radius 2 is 1.93 bits per heavy atom. The third-order valence-electron chi connectivity index (χ3n) is 4.62. The molecule has 140 valence electrons. The normalized spacial score (nSPS) is 13.1. The molecule has 7 heteroatoms. The van der Waals surface area contributed by atoms with Crippen LogP contribution in [0.25, 0.3) is 11.3 Å². The summed E-state index contributed by atoms with van der Waals surface area (Å²) < 4.78 is 10.6. The van der Waals surface area contributed by atoms with E-state index in [1.165, 1.54) is 34.6 Å². The third kappa shape index (κ3) is 3.70. The minimum Gasteiger partial charge on any atom is -0.493 e. The molecule has 1 aliphatic carbocycles. The van der Waals surface area contributed by atoms with Crippen LogP contribution in [0.15, 0.2) is 29.6 Å². The number of hydrogen-bond donors (Lipinski definition) is 1. The van der Waals surface area contributed by atoms with Gasteiger partial charge in [0, 0.05) is 15.8 Å². The Labute approximate surface area is 166 Å². The van der Waals surface area contributed by atoms with Crippen LogP contribution in [-0.4, -0.2) is 25.1 Å². The molecular weight excluding hydrogens is 380 g/mol. The van der Waals surface area contributed by atoms with Crippen molar-refractivity contribution in [3.05, 3.63) is 45.0 Å². The SMILES string of the molecule is COc1ccc(-c2csc(NC(=O)c3cc4c(s3)CCCC4)n2)cc1OC. The summed E-state index contributed by atoms with van der Waals surface area (Å²) in [5.74, 6) is 1.24. The average molecular weight is 401 g/mol. The Morgan fingerprint density at radius 1 is 1.11 bits per heavy atom. The van der Waals surface area contributed by atoms with Crippen LogP contribution in [0.2, 0.25) is 0 Å². The number of aryl methyl sites for hydroxylation is 2. The molecule has 0 radical (unpaired) electrons. The van der Waals surface area contributed by atoms with Crippen molar-refractivity contribution in [2.75, 3.05) is 19.5 Å². The molecule has 27 heavy (non-hydrogen) atoms. The number of carbonyl (C=O) groups excluding carboxylic acids is 1. The van der Waals surface area contributed by atoms with E-state index < -0.39 is 0 Å². The lowest BCUT2D eigenvalue weighted by Crippen LogP contribution is -2.09. The van der Waals surface area contributed by atoms with Crippen LogP contribution in [0.4, 0.5) is 5.13 Å². The topological polar surface area (TPSA) is 60.5 Å². The molecule has 0 atom stereocenters. The molecule has 1 N–H and O–H groups in total. The first-order chi connectivity index (χ1) is 13.2. The predicted molar refractivity (Wildman–Crippen MR) is 110 cm³/mol. The number of ether oxygens (including phenoxy) is 2. The first kappa shape index (κ1) is 18.0. The summed E-state index contributed by atoms with van der Waals surface area (Å²) in [6, 6.07) is 7.70. The van der Waals surface area contributed by atoms with Gasteiger partial charge in [0.05, 0.1) is 24.8 Å². The highest BCUT2D eigenvalue weighted by molar-refractivity contribution is 7.15. The number of nitrogens with zero attached hydrogens (tertiary/aromatic N) is 1. The van der Waals surface area contributed by atoms with Crippen LogP contribution < -0.4 is 14.8 Å². The van der Waals surface area contributed by atoms with Crippen LogP contribution >= 0.6 is 22.7 Å². The van der Waals surface area contributed by atoms with Gasteiger partial charge in [-0.3, -0.25) is 10.1 Å². The van der Waals surface area contributed by atoms with Gasteiger partial charge in [0.15, 0.2) is 16.6 Å². The lowest BCUT2D eigenvalue weighted by Gasteiger charge is -2.08. The summed E-state index contributed by atoms with van der Waals surface area (Å²) in [6.07, 6.45) is 4.61. The van der Waals surface area contributed by atoms with Crippen LogP contribution in [0.1, 0.15) is 33.0 Å². The number of aromatic nitrogens is 1. The lowest BCUT2D eigenvalue weighted by atomic mass is 9.99. The Balaban J connectivity index is 1.51. The Bertz CT molecular complexity index is 954. The number of thiophene rings is 1. The molecule has 3 aromatic rings. The summed E-state index contributed by atoms with van der Waals surface area (Å²) in [5.41, 5.74) is 3.04. The molecule has 0 unspecified atom stereocenters. The lowest BCUT2D eigenvalue weighted by molar-refractivity contribution is 0.103. The van der Waals surface area contributed by atoms with Gasteiger partial charge >= 0.3 is 0 Å². The Hall–Kier alpha value is -2.38. The van der Waals surface area contributed by atoms with Crippen molar-refractivity contribution in [3.8, 4) is 22.8 Å². The second-order valence-corrected chi connectivity index (χ2v) is 8.32. The van der Waals surface area contributed by atoms with E-state index in [1.807, 2.05) is 29.6 Å². The molecule has 0 aliphatic heterocycles. The summed E-state index contributed by atoms with van der Waals surface area (Å²) in [6.45, 7) is 0. The molecule has 0 saturated carbocycles. The van der Waals surface area contributed by atoms with Crippen molar-refractivity contribution in [1.82, 2.24) is 4.98 Å². The number of anilines is 1. The van der Waals surface area contributed by atoms with Gasteiger partial charge in [-0.1, -0.05) is 0 Å². The molecule has 0 spiro atoms. The zero-order valence-electron chi connectivity index (χ0n) is 15.2. The molecular formula is C20H20N2O3S2. The Morgan fingerprint density at radius 3 is 2.70 bits per heavy atom. The number of thiazole rings is 1. The van der Waals surface area contributed by atoms with Gasteiger partial charge in [-0.2, -0.15) is 0 Å². The fraction of sp³-hybridized carbons (Fsp3) is 0.300. The van der Waals surface area contributed by atoms with Crippen LogP contribution in [-0.2, 0) is 12.8 Å². The maximum atomic E-state index is 12.6. The molecule has 2 heterocycles. The summed E-state index contributed by atoms with van der Waals surface area (Å²) >= 11 is 3.02. The van der Waals surface area contributed by atoms with Crippen LogP contribution in [0.3, 0.4) is 0 Å². The van der Waals surface area contributed by atoms with Gasteiger partial charge in [-0.15, -0.1) is 22.7 Å². The first-order valence-electron chi connectivity index (χ1n) is 8.79. The van der Waals surface area contributed by atoms with E-state index >= 15 is 0 Å². The summed E-state index contributed by atoms with van der Waals surface area (Å²) in [5, 5.41) is 5.45. The zero-order chi connectivity index (χ0) is 18.8. The smallest absolute Gasteiger partial charge is 0.267 e. The molecule has 5 nitrogen and oxygen atoms in total. The number of carbonyl (C=O) groups is 1. The maximum Gasteiger partial charge on any atom is 0.267 e. The average Bonchev–Trinajstić information content (AvgIpc) is 3.34. The van der Waals surface area contributed by atoms with Crippen molar-refractivity contribution >= 4 is 33.7 Å². The second kappa shape index (κ2) is 7.70. The van der Waals surface area contributed by atoms with Gasteiger partial charge in [0.1, 0.15) is 0 Å². The number of methoxy groups -OCH3 is 2.